The fraction of sp³-hybridized carbons (Fsp3) is 0.557. The Kier molecular flexibility index (Phi) is 35.7. The second-order valence-corrected chi connectivity index (χ2v) is 23.9. The lowest BCUT2D eigenvalue weighted by atomic mass is 9.98. The highest BCUT2D eigenvalue weighted by Gasteiger charge is 2.37. The Morgan fingerprint density at radius 3 is 1.34 bits per heavy atom. The Balaban J connectivity index is 2.30. The van der Waals surface area contributed by atoms with E-state index in [1.54, 1.807) is 71.9 Å². The summed E-state index contributed by atoms with van der Waals surface area (Å²) in [5, 5.41) is 77.3. The van der Waals surface area contributed by atoms with Crippen LogP contribution < -0.4 is 86.7 Å². The maximum atomic E-state index is 14.2. The highest BCUT2D eigenvalue weighted by Crippen LogP contribution is 2.15. The maximum Gasteiger partial charge on any atom is 0.328 e. The van der Waals surface area contributed by atoms with Crippen molar-refractivity contribution in [2.45, 2.75) is 166 Å². The van der Waals surface area contributed by atoms with Gasteiger partial charge < -0.3 is 112 Å². The second-order valence-electron chi connectivity index (χ2n) is 23.9. The number of nitrogens with one attached hydrogen (secondary N) is 12. The Bertz CT molecular complexity index is 3060. The van der Waals surface area contributed by atoms with Crippen LogP contribution in [-0.4, -0.2) is 220 Å². The van der Waals surface area contributed by atoms with Crippen LogP contribution in [-0.2, 0) is 80.0 Å². The molecular weight excluding hydrogens is 1270 g/mol. The molecule has 0 fully saturated rings. The molecule has 13 amide bonds. The summed E-state index contributed by atoms with van der Waals surface area (Å²) in [6.45, 7) is 8.46. The number of carbonyl (C=O) groups is 14. The number of aliphatic carboxylic acids is 1. The van der Waals surface area contributed by atoms with Gasteiger partial charge in [-0.25, -0.2) is 4.79 Å². The van der Waals surface area contributed by atoms with Gasteiger partial charge in [0.25, 0.3) is 0 Å². The van der Waals surface area contributed by atoms with Gasteiger partial charge in [0.15, 0.2) is 5.96 Å². The first-order valence-corrected chi connectivity index (χ1v) is 31.1. The van der Waals surface area contributed by atoms with Gasteiger partial charge in [0.2, 0.25) is 76.8 Å². The van der Waals surface area contributed by atoms with E-state index in [-0.39, 0.29) is 49.9 Å². The minimum atomic E-state index is -1.88. The molecule has 12 atom stereocenters. The molecular formula is C61H95N17O19. The van der Waals surface area contributed by atoms with Crippen LogP contribution in [0.1, 0.15) is 92.2 Å². The van der Waals surface area contributed by atoms with E-state index >= 15 is 0 Å². The highest BCUT2D eigenvalue weighted by molar-refractivity contribution is 6.00. The summed E-state index contributed by atoms with van der Waals surface area (Å²) in [5.74, 6) is -16.5. The third kappa shape index (κ3) is 30.0. The van der Waals surface area contributed by atoms with Crippen LogP contribution in [0.25, 0.3) is 0 Å². The van der Waals surface area contributed by atoms with Gasteiger partial charge in [-0.05, 0) is 74.1 Å². The number of rotatable bonds is 42. The number of carboxylic acid groups (broad SMARTS) is 1. The van der Waals surface area contributed by atoms with Crippen LogP contribution in [0.4, 0.5) is 0 Å². The number of aliphatic hydroxyl groups is 3. The maximum absolute atomic E-state index is 14.2. The van der Waals surface area contributed by atoms with E-state index in [0.29, 0.717) is 17.5 Å². The van der Waals surface area contributed by atoms with E-state index in [1.807, 2.05) is 5.32 Å². The molecule has 2 aromatic rings. The number of benzene rings is 2. The molecule has 36 heteroatoms. The highest BCUT2D eigenvalue weighted by atomic mass is 16.4. The fourth-order valence-corrected chi connectivity index (χ4v) is 9.02. The number of carbonyl (C=O) groups excluding carboxylic acids is 13. The van der Waals surface area contributed by atoms with Gasteiger partial charge in [0, 0.05) is 19.4 Å². The predicted molar refractivity (Wildman–Crippen MR) is 347 cm³/mol. The van der Waals surface area contributed by atoms with Crippen LogP contribution in [0.3, 0.4) is 0 Å². The summed E-state index contributed by atoms with van der Waals surface area (Å²) < 4.78 is 0. The van der Waals surface area contributed by atoms with Crippen molar-refractivity contribution in [1.82, 2.24) is 63.8 Å². The zero-order chi connectivity index (χ0) is 73.4. The normalized spacial score (nSPS) is 14.8. The summed E-state index contributed by atoms with van der Waals surface area (Å²) >= 11 is 0. The zero-order valence-corrected chi connectivity index (χ0v) is 55.3. The largest absolute Gasteiger partial charge is 0.508 e. The molecule has 0 saturated carbocycles. The van der Waals surface area contributed by atoms with E-state index in [4.69, 9.17) is 28.0 Å². The molecule has 36 nitrogen and oxygen atoms in total. The van der Waals surface area contributed by atoms with E-state index in [0.717, 1.165) is 0 Å². The van der Waals surface area contributed by atoms with Crippen LogP contribution in [0.2, 0.25) is 0 Å². The number of carboxylic acids is 1. The van der Waals surface area contributed by atoms with Crippen molar-refractivity contribution in [2.24, 2.45) is 45.7 Å². The Labute approximate surface area is 559 Å². The molecule has 0 aromatic heterocycles. The molecule has 25 N–H and O–H groups in total. The van der Waals surface area contributed by atoms with Crippen LogP contribution in [0, 0.1) is 17.8 Å². The molecule has 2 rings (SSSR count). The SMILES string of the molecule is CC(C)C[C@H](NC(=O)[C@H](CO)NC(=O)[C@H](CC(N)=O)NC(=O)[C@H](C)NC(=O)[C@H](Cc1ccccc1)NC(=O)[C@@H](NC(=O)[C@H](CO)NC(=O)[C@@H](N)CCCN=C(N)N)C(C)C)C(=O)N[C@H](C(=O)N[C@@H](Cc1ccc(O)cc1)C(=O)NCC(=O)N[C@@H](C)C(=O)N[C@@H](CO)C(=O)O)C(C)C. The second kappa shape index (κ2) is 41.7. The van der Waals surface area contributed by atoms with Gasteiger partial charge in [-0.2, -0.15) is 0 Å². The predicted octanol–water partition coefficient (Wildman–Crippen LogP) is -7.66. The molecule has 0 saturated heterocycles. The standard InChI is InChI=1S/C61H95N17O19/c1-29(2)21-38(55(91)77-47(30(3)4)58(94)72-39(23-35-16-18-36(82)19-17-35)52(88)67-25-46(84)68-32(7)49(85)76-44(28-81)60(96)97)71-56(92)42(26-79)75-54(90)41(24-45(63)83)70-50(86)33(8)69-53(89)40(22-34-13-10-9-11-14-34)73-59(95)48(31(5)6)78-57(93)43(27-80)74-51(87)37(62)15-12-20-66-61(64)65/h9-11,13-14,16-19,29-33,37-44,47-48,79-82H,12,15,20-28,62H2,1-8H3,(H2,63,83)(H,67,88)(H,68,84)(H,69,89)(H,70,86)(H,71,92)(H,72,94)(H,73,95)(H,74,87)(H,75,90)(H,76,85)(H,77,91)(H,78,93)(H,96,97)(H4,64,65,66)/t32-,33-,37-,38-,39-,40-,41-,42-,43-,44-,47-,48-/m0/s1. The number of hydrogen-bond acceptors (Lipinski definition) is 20. The summed E-state index contributed by atoms with van der Waals surface area (Å²) in [5.41, 5.74) is 23.0. The van der Waals surface area contributed by atoms with Crippen molar-refractivity contribution in [3.63, 3.8) is 0 Å². The van der Waals surface area contributed by atoms with Crippen molar-refractivity contribution >= 4 is 88.7 Å². The quantitative estimate of drug-likeness (QED) is 0.0167. The fourth-order valence-electron chi connectivity index (χ4n) is 9.02. The average molecular weight is 1370 g/mol. The minimum Gasteiger partial charge on any atom is -0.508 e. The number of aliphatic hydroxyl groups excluding tert-OH is 3. The Morgan fingerprint density at radius 1 is 0.454 bits per heavy atom. The number of aliphatic imine (C=N–C) groups is 1. The van der Waals surface area contributed by atoms with Gasteiger partial charge in [-0.3, -0.25) is 67.3 Å². The molecule has 0 radical (unpaired) electrons. The molecule has 0 aliphatic heterocycles. The first-order valence-electron chi connectivity index (χ1n) is 31.1. The number of nitrogens with two attached hydrogens (primary N) is 4. The van der Waals surface area contributed by atoms with Crippen LogP contribution in [0.15, 0.2) is 59.6 Å². The number of guanidine groups is 1. The molecule has 2 aromatic carbocycles. The minimum absolute atomic E-state index is 0.103. The lowest BCUT2D eigenvalue weighted by Gasteiger charge is -2.29. The Hall–Kier alpha value is -10.1. The van der Waals surface area contributed by atoms with E-state index in [1.165, 1.54) is 38.1 Å². The molecule has 0 unspecified atom stereocenters. The summed E-state index contributed by atoms with van der Waals surface area (Å²) in [4.78, 5) is 191. The van der Waals surface area contributed by atoms with Crippen molar-refractivity contribution in [2.75, 3.05) is 32.9 Å². The molecule has 0 aliphatic carbocycles. The van der Waals surface area contributed by atoms with Gasteiger partial charge in [0.1, 0.15) is 72.2 Å². The average Bonchev–Trinajstić information content (AvgIpc) is 0.956. The van der Waals surface area contributed by atoms with E-state index in [9.17, 15) is 87.5 Å². The number of primary amides is 1. The molecule has 0 spiro atoms. The monoisotopic (exact) mass is 1370 g/mol. The molecule has 0 heterocycles. The number of nitrogens with zero attached hydrogens (tertiary/aromatic N) is 1. The molecule has 538 valence electrons. The summed E-state index contributed by atoms with van der Waals surface area (Å²) in [6, 6.07) is -4.39. The number of phenolic OH excluding ortho intramolecular Hbond substituents is 1. The van der Waals surface area contributed by atoms with E-state index in [2.05, 4.69) is 63.5 Å². The van der Waals surface area contributed by atoms with Gasteiger partial charge in [-0.1, -0.05) is 84.0 Å². The smallest absolute Gasteiger partial charge is 0.328 e. The number of hydrogen-bond donors (Lipinski definition) is 21. The van der Waals surface area contributed by atoms with Gasteiger partial charge in [-0.15, -0.1) is 0 Å². The van der Waals surface area contributed by atoms with Crippen LogP contribution >= 0.6 is 0 Å². The third-order valence-corrected chi connectivity index (χ3v) is 14.5. The first-order chi connectivity index (χ1) is 45.5. The van der Waals surface area contributed by atoms with Crippen molar-refractivity contribution < 1.29 is 92.7 Å². The zero-order valence-electron chi connectivity index (χ0n) is 55.3. The van der Waals surface area contributed by atoms with Crippen molar-refractivity contribution in [1.29, 1.82) is 0 Å². The lowest BCUT2D eigenvalue weighted by molar-refractivity contribution is -0.143. The Morgan fingerprint density at radius 2 is 0.866 bits per heavy atom. The lowest BCUT2D eigenvalue weighted by Crippen LogP contribution is -2.62. The van der Waals surface area contributed by atoms with Crippen molar-refractivity contribution in [3.05, 3.63) is 65.7 Å². The molecule has 0 bridgehead atoms. The third-order valence-electron chi connectivity index (χ3n) is 14.5. The number of aromatic hydroxyl groups is 1. The van der Waals surface area contributed by atoms with Crippen LogP contribution in [0.5, 0.6) is 5.75 Å². The molecule has 0 aliphatic rings. The van der Waals surface area contributed by atoms with Crippen molar-refractivity contribution in [3.8, 4) is 5.75 Å². The first kappa shape index (κ1) is 83.0. The van der Waals surface area contributed by atoms with Gasteiger partial charge >= 0.3 is 5.97 Å². The molecule has 97 heavy (non-hydrogen) atoms. The topological polar surface area (TPSA) is 601 Å². The number of amides is 13. The number of phenols is 1. The van der Waals surface area contributed by atoms with E-state index < -0.39 is 200 Å². The summed E-state index contributed by atoms with van der Waals surface area (Å²) in [7, 11) is 0. The summed E-state index contributed by atoms with van der Waals surface area (Å²) in [6.07, 6.45) is -0.988. The van der Waals surface area contributed by atoms with Gasteiger partial charge in [0.05, 0.1) is 38.8 Å².